The van der Waals surface area contributed by atoms with Crippen molar-refractivity contribution in [2.24, 2.45) is 17.8 Å². The van der Waals surface area contributed by atoms with Gasteiger partial charge in [-0.25, -0.2) is 0 Å². The van der Waals surface area contributed by atoms with Crippen LogP contribution in [0, 0.1) is 17.8 Å². The Kier molecular flexibility index (Phi) is 3.55. The van der Waals surface area contributed by atoms with Crippen LogP contribution in [0.3, 0.4) is 0 Å². The lowest BCUT2D eigenvalue weighted by atomic mass is 9.62. The second kappa shape index (κ2) is 5.40. The number of amides is 1. The van der Waals surface area contributed by atoms with E-state index in [1.165, 1.54) is 17.5 Å². The van der Waals surface area contributed by atoms with E-state index in [0.717, 1.165) is 37.3 Å². The van der Waals surface area contributed by atoms with Gasteiger partial charge >= 0.3 is 0 Å². The molecule has 0 N–H and O–H groups in total. The SMILES string of the molecule is COc1cc2c(cc1OC)[C@@]13C[C@H](C)CC[C@@H]1C(C)C(=O)N3CC2. The highest BCUT2D eigenvalue weighted by molar-refractivity contribution is 5.84. The Labute approximate surface area is 144 Å². The predicted octanol–water partition coefficient (Wildman–Crippen LogP) is 3.37. The Hall–Kier alpha value is -1.71. The Morgan fingerprint density at radius 2 is 1.83 bits per heavy atom. The maximum absolute atomic E-state index is 13.0. The summed E-state index contributed by atoms with van der Waals surface area (Å²) in [6.07, 6.45) is 4.33. The third kappa shape index (κ3) is 1.88. The molecule has 1 spiro atoms. The summed E-state index contributed by atoms with van der Waals surface area (Å²) in [5, 5.41) is 0. The molecule has 4 nitrogen and oxygen atoms in total. The van der Waals surface area contributed by atoms with Crippen molar-refractivity contribution < 1.29 is 14.3 Å². The van der Waals surface area contributed by atoms with E-state index in [9.17, 15) is 4.79 Å². The number of carbonyl (C=O) groups is 1. The van der Waals surface area contributed by atoms with E-state index in [-0.39, 0.29) is 11.5 Å². The fourth-order valence-electron chi connectivity index (χ4n) is 5.60. The summed E-state index contributed by atoms with van der Waals surface area (Å²) in [5.41, 5.74) is 2.49. The normalized spacial score (nSPS) is 34.4. The first-order valence-electron chi connectivity index (χ1n) is 9.09. The van der Waals surface area contributed by atoms with Crippen molar-refractivity contribution in [1.82, 2.24) is 4.90 Å². The Morgan fingerprint density at radius 3 is 2.54 bits per heavy atom. The van der Waals surface area contributed by atoms with Gasteiger partial charge in [-0.3, -0.25) is 4.79 Å². The van der Waals surface area contributed by atoms with E-state index >= 15 is 0 Å². The van der Waals surface area contributed by atoms with Crippen molar-refractivity contribution in [2.45, 2.75) is 45.1 Å². The van der Waals surface area contributed by atoms with Gasteiger partial charge in [0, 0.05) is 12.5 Å². The number of benzene rings is 1. The van der Waals surface area contributed by atoms with E-state index in [0.29, 0.717) is 17.7 Å². The predicted molar refractivity (Wildman–Crippen MR) is 92.3 cm³/mol. The smallest absolute Gasteiger partial charge is 0.226 e. The lowest BCUT2D eigenvalue weighted by Crippen LogP contribution is -2.53. The van der Waals surface area contributed by atoms with E-state index in [4.69, 9.17) is 9.47 Å². The van der Waals surface area contributed by atoms with Gasteiger partial charge in [-0.1, -0.05) is 20.3 Å². The zero-order valence-electron chi connectivity index (χ0n) is 15.1. The van der Waals surface area contributed by atoms with E-state index in [1.807, 2.05) is 0 Å². The summed E-state index contributed by atoms with van der Waals surface area (Å²) in [5.74, 6) is 3.08. The summed E-state index contributed by atoms with van der Waals surface area (Å²) in [6, 6.07) is 4.28. The van der Waals surface area contributed by atoms with E-state index in [1.54, 1.807) is 14.2 Å². The monoisotopic (exact) mass is 329 g/mol. The molecule has 24 heavy (non-hydrogen) atoms. The molecule has 0 aromatic heterocycles. The molecule has 4 atom stereocenters. The van der Waals surface area contributed by atoms with Crippen LogP contribution in [0.4, 0.5) is 0 Å². The number of rotatable bonds is 2. The van der Waals surface area contributed by atoms with Crippen LogP contribution >= 0.6 is 0 Å². The van der Waals surface area contributed by atoms with Gasteiger partial charge in [0.15, 0.2) is 11.5 Å². The summed E-state index contributed by atoms with van der Waals surface area (Å²) in [4.78, 5) is 15.2. The summed E-state index contributed by atoms with van der Waals surface area (Å²) < 4.78 is 11.1. The highest BCUT2D eigenvalue weighted by atomic mass is 16.5. The summed E-state index contributed by atoms with van der Waals surface area (Å²) in [7, 11) is 3.37. The van der Waals surface area contributed by atoms with Crippen LogP contribution in [-0.4, -0.2) is 31.6 Å². The molecule has 1 saturated carbocycles. The molecule has 130 valence electrons. The van der Waals surface area contributed by atoms with E-state index < -0.39 is 0 Å². The fourth-order valence-corrected chi connectivity index (χ4v) is 5.60. The Bertz CT molecular complexity index is 686. The molecule has 4 rings (SSSR count). The number of methoxy groups -OCH3 is 2. The van der Waals surface area contributed by atoms with Gasteiger partial charge in [-0.2, -0.15) is 0 Å². The summed E-state index contributed by atoms with van der Waals surface area (Å²) in [6.45, 7) is 5.28. The molecule has 1 aromatic carbocycles. The third-order valence-electron chi connectivity index (χ3n) is 6.66. The van der Waals surface area contributed by atoms with Crippen molar-refractivity contribution in [3.63, 3.8) is 0 Å². The van der Waals surface area contributed by atoms with Gasteiger partial charge < -0.3 is 14.4 Å². The number of hydrogen-bond donors (Lipinski definition) is 0. The van der Waals surface area contributed by atoms with Crippen molar-refractivity contribution in [3.05, 3.63) is 23.3 Å². The van der Waals surface area contributed by atoms with Crippen molar-refractivity contribution in [3.8, 4) is 11.5 Å². The maximum atomic E-state index is 13.0. The second-order valence-corrected chi connectivity index (χ2v) is 7.81. The second-order valence-electron chi connectivity index (χ2n) is 7.81. The van der Waals surface area contributed by atoms with Crippen LogP contribution in [0.1, 0.15) is 44.2 Å². The topological polar surface area (TPSA) is 38.8 Å². The molecule has 2 heterocycles. The van der Waals surface area contributed by atoms with Crippen LogP contribution in [0.5, 0.6) is 11.5 Å². The average Bonchev–Trinajstić information content (AvgIpc) is 2.81. The van der Waals surface area contributed by atoms with Crippen molar-refractivity contribution >= 4 is 5.91 Å². The minimum atomic E-state index is -0.138. The van der Waals surface area contributed by atoms with Crippen LogP contribution in [-0.2, 0) is 16.8 Å². The van der Waals surface area contributed by atoms with Crippen LogP contribution in [0.25, 0.3) is 0 Å². The van der Waals surface area contributed by atoms with Gasteiger partial charge in [0.2, 0.25) is 5.91 Å². The minimum Gasteiger partial charge on any atom is -0.493 e. The molecule has 2 fully saturated rings. The van der Waals surface area contributed by atoms with Crippen LogP contribution < -0.4 is 9.47 Å². The van der Waals surface area contributed by atoms with E-state index in [2.05, 4.69) is 30.9 Å². The molecule has 1 unspecified atom stereocenters. The van der Waals surface area contributed by atoms with Crippen LogP contribution in [0.2, 0.25) is 0 Å². The van der Waals surface area contributed by atoms with Crippen LogP contribution in [0.15, 0.2) is 12.1 Å². The Balaban J connectivity index is 1.94. The highest BCUT2D eigenvalue weighted by Gasteiger charge is 2.60. The molecule has 1 aromatic rings. The number of hydrogen-bond acceptors (Lipinski definition) is 3. The molecule has 2 aliphatic heterocycles. The number of nitrogens with zero attached hydrogens (tertiary/aromatic N) is 1. The first-order valence-corrected chi connectivity index (χ1v) is 9.09. The molecule has 1 amide bonds. The zero-order chi connectivity index (χ0) is 17.1. The van der Waals surface area contributed by atoms with Gasteiger partial charge in [-0.05, 0) is 54.4 Å². The molecule has 1 aliphatic carbocycles. The first-order chi connectivity index (χ1) is 11.5. The van der Waals surface area contributed by atoms with Gasteiger partial charge in [0.05, 0.1) is 19.8 Å². The fraction of sp³-hybridized carbons (Fsp3) is 0.650. The van der Waals surface area contributed by atoms with Gasteiger partial charge in [0.1, 0.15) is 0 Å². The molecule has 0 bridgehead atoms. The third-order valence-corrected chi connectivity index (χ3v) is 6.66. The quantitative estimate of drug-likeness (QED) is 0.835. The molecule has 3 aliphatic rings. The Morgan fingerprint density at radius 1 is 1.12 bits per heavy atom. The van der Waals surface area contributed by atoms with Gasteiger partial charge in [0.25, 0.3) is 0 Å². The maximum Gasteiger partial charge on any atom is 0.226 e. The lowest BCUT2D eigenvalue weighted by molar-refractivity contribution is -0.134. The molecular formula is C20H27NO3. The van der Waals surface area contributed by atoms with Crippen molar-refractivity contribution in [2.75, 3.05) is 20.8 Å². The largest absolute Gasteiger partial charge is 0.493 e. The average molecular weight is 329 g/mol. The number of fused-ring (bicyclic) bond motifs is 1. The molecule has 4 heteroatoms. The molecule has 0 radical (unpaired) electrons. The number of carbonyl (C=O) groups excluding carboxylic acids is 1. The highest BCUT2D eigenvalue weighted by Crippen LogP contribution is 2.59. The minimum absolute atomic E-state index is 0.122. The molecule has 1 saturated heterocycles. The molecular weight excluding hydrogens is 302 g/mol. The zero-order valence-corrected chi connectivity index (χ0v) is 15.1. The van der Waals surface area contributed by atoms with Gasteiger partial charge in [-0.15, -0.1) is 0 Å². The number of ether oxygens (including phenoxy) is 2. The van der Waals surface area contributed by atoms with Crippen molar-refractivity contribution in [1.29, 1.82) is 0 Å². The lowest BCUT2D eigenvalue weighted by Gasteiger charge is -2.51. The first kappa shape index (κ1) is 15.8. The standard InChI is InChI=1S/C20H27NO3/c1-12-5-6-15-13(2)19(22)21-8-7-14-9-17(23-3)18(24-4)10-16(14)20(15,21)11-12/h9-10,12-13,15H,5-8,11H2,1-4H3/t12-,13?,15-,20-/m1/s1. The summed E-state index contributed by atoms with van der Waals surface area (Å²) >= 11 is 0.